The lowest BCUT2D eigenvalue weighted by Gasteiger charge is -2.26. The molecule has 0 spiro atoms. The summed E-state index contributed by atoms with van der Waals surface area (Å²) in [5, 5.41) is 14.7. The minimum atomic E-state index is -0.684. The quantitative estimate of drug-likeness (QED) is 0.711. The molecule has 0 radical (unpaired) electrons. The van der Waals surface area contributed by atoms with E-state index in [1.807, 2.05) is 41.1 Å². The standard InChI is InChI=1S/C18H18BrFN2O/c1-21-11-17(23)18(12-4-2-5-13(20)10-12)22-9-8-14-15(19)6-3-7-16(14)22/h2-10,17-18,21,23H,11H2,1H3/t17-,18+/m1/s1. The van der Waals surface area contributed by atoms with Gasteiger partial charge in [-0.05, 0) is 42.9 Å². The third-order valence-corrected chi connectivity index (χ3v) is 4.67. The summed E-state index contributed by atoms with van der Waals surface area (Å²) in [5.41, 5.74) is 1.73. The molecule has 3 nitrogen and oxygen atoms in total. The van der Waals surface area contributed by atoms with Crippen molar-refractivity contribution in [1.82, 2.24) is 9.88 Å². The third kappa shape index (κ3) is 3.17. The SMILES string of the molecule is CNC[C@@H](O)[C@H](c1cccc(F)c1)n1ccc2c(Br)cccc21. The zero-order valence-electron chi connectivity index (χ0n) is 12.7. The fourth-order valence-electron chi connectivity index (χ4n) is 2.97. The molecule has 0 aliphatic heterocycles. The van der Waals surface area contributed by atoms with Crippen LogP contribution in [0.5, 0.6) is 0 Å². The fraction of sp³-hybridized carbons (Fsp3) is 0.222. The first-order chi connectivity index (χ1) is 11.1. The largest absolute Gasteiger partial charge is 0.389 e. The molecule has 0 fully saturated rings. The molecule has 0 bridgehead atoms. The van der Waals surface area contributed by atoms with Gasteiger partial charge < -0.3 is 15.0 Å². The van der Waals surface area contributed by atoms with E-state index in [1.54, 1.807) is 13.1 Å². The number of hydrogen-bond acceptors (Lipinski definition) is 2. The molecule has 1 aromatic heterocycles. The van der Waals surface area contributed by atoms with Gasteiger partial charge in [0, 0.05) is 28.1 Å². The number of fused-ring (bicyclic) bond motifs is 1. The van der Waals surface area contributed by atoms with Crippen molar-refractivity contribution in [1.29, 1.82) is 0 Å². The zero-order chi connectivity index (χ0) is 16.4. The lowest BCUT2D eigenvalue weighted by molar-refractivity contribution is 0.132. The molecular formula is C18H18BrFN2O. The Morgan fingerprint density at radius 2 is 2.00 bits per heavy atom. The molecule has 2 aromatic carbocycles. The van der Waals surface area contributed by atoms with E-state index < -0.39 is 6.10 Å². The number of aromatic nitrogens is 1. The smallest absolute Gasteiger partial charge is 0.123 e. The fourth-order valence-corrected chi connectivity index (χ4v) is 3.46. The van der Waals surface area contributed by atoms with Crippen LogP contribution in [0.3, 0.4) is 0 Å². The topological polar surface area (TPSA) is 37.2 Å². The summed E-state index contributed by atoms with van der Waals surface area (Å²) in [6.07, 6.45) is 1.25. The van der Waals surface area contributed by atoms with Crippen molar-refractivity contribution < 1.29 is 9.50 Å². The van der Waals surface area contributed by atoms with Gasteiger partial charge >= 0.3 is 0 Å². The average Bonchev–Trinajstić information content (AvgIpc) is 2.93. The molecule has 0 saturated heterocycles. The van der Waals surface area contributed by atoms with Crippen LogP contribution in [0.15, 0.2) is 59.2 Å². The molecule has 1 heterocycles. The van der Waals surface area contributed by atoms with Crippen molar-refractivity contribution in [2.45, 2.75) is 12.1 Å². The Morgan fingerprint density at radius 3 is 2.74 bits per heavy atom. The Labute approximate surface area is 142 Å². The van der Waals surface area contributed by atoms with Crippen molar-refractivity contribution in [3.05, 3.63) is 70.6 Å². The van der Waals surface area contributed by atoms with Crippen LogP contribution in [-0.4, -0.2) is 29.4 Å². The molecule has 3 aromatic rings. The van der Waals surface area contributed by atoms with Crippen molar-refractivity contribution in [3.63, 3.8) is 0 Å². The number of aliphatic hydroxyl groups is 1. The van der Waals surface area contributed by atoms with Crippen LogP contribution in [0.1, 0.15) is 11.6 Å². The first-order valence-electron chi connectivity index (χ1n) is 7.45. The van der Waals surface area contributed by atoms with Crippen LogP contribution < -0.4 is 5.32 Å². The summed E-state index contributed by atoms with van der Waals surface area (Å²) in [6, 6.07) is 14.0. The molecule has 0 saturated carbocycles. The summed E-state index contributed by atoms with van der Waals surface area (Å²) >= 11 is 3.55. The lowest BCUT2D eigenvalue weighted by Crippen LogP contribution is -2.33. The molecule has 0 aliphatic rings. The van der Waals surface area contributed by atoms with Crippen LogP contribution in [-0.2, 0) is 0 Å². The average molecular weight is 377 g/mol. The summed E-state index contributed by atoms with van der Waals surface area (Å²) < 4.78 is 16.7. The van der Waals surface area contributed by atoms with Crippen LogP contribution in [0.4, 0.5) is 4.39 Å². The van der Waals surface area contributed by atoms with E-state index >= 15 is 0 Å². The van der Waals surface area contributed by atoms with E-state index in [0.29, 0.717) is 6.54 Å². The van der Waals surface area contributed by atoms with E-state index in [9.17, 15) is 9.50 Å². The third-order valence-electron chi connectivity index (χ3n) is 3.98. The number of likely N-dealkylation sites (N-methyl/N-ethyl adjacent to an activating group) is 1. The second-order valence-corrected chi connectivity index (χ2v) is 6.37. The van der Waals surface area contributed by atoms with Gasteiger partial charge in [0.25, 0.3) is 0 Å². The second kappa shape index (κ2) is 6.83. The van der Waals surface area contributed by atoms with Crippen molar-refractivity contribution in [2.75, 3.05) is 13.6 Å². The van der Waals surface area contributed by atoms with E-state index in [4.69, 9.17) is 0 Å². The summed E-state index contributed by atoms with van der Waals surface area (Å²) in [4.78, 5) is 0. The van der Waals surface area contributed by atoms with Gasteiger partial charge in [-0.2, -0.15) is 0 Å². The maximum absolute atomic E-state index is 13.7. The number of hydrogen-bond donors (Lipinski definition) is 2. The molecule has 0 amide bonds. The van der Waals surface area contributed by atoms with Crippen LogP contribution in [0.2, 0.25) is 0 Å². The van der Waals surface area contributed by atoms with E-state index in [0.717, 1.165) is 20.9 Å². The molecule has 120 valence electrons. The van der Waals surface area contributed by atoms with Gasteiger partial charge in [0.2, 0.25) is 0 Å². The number of rotatable bonds is 5. The number of nitrogens with zero attached hydrogens (tertiary/aromatic N) is 1. The summed E-state index contributed by atoms with van der Waals surface area (Å²) in [5.74, 6) is -0.304. The highest BCUT2D eigenvalue weighted by Gasteiger charge is 2.24. The normalized spacial score (nSPS) is 14.1. The molecule has 0 aliphatic carbocycles. The van der Waals surface area contributed by atoms with Gasteiger partial charge in [0.05, 0.1) is 12.1 Å². The predicted molar refractivity (Wildman–Crippen MR) is 94.1 cm³/mol. The number of halogens is 2. The van der Waals surface area contributed by atoms with Gasteiger partial charge in [-0.1, -0.05) is 34.1 Å². The monoisotopic (exact) mass is 376 g/mol. The van der Waals surface area contributed by atoms with E-state index in [1.165, 1.54) is 12.1 Å². The van der Waals surface area contributed by atoms with Gasteiger partial charge in [-0.15, -0.1) is 0 Å². The van der Waals surface area contributed by atoms with Gasteiger partial charge in [0.15, 0.2) is 0 Å². The minimum absolute atomic E-state index is 0.304. The Morgan fingerprint density at radius 1 is 1.22 bits per heavy atom. The van der Waals surface area contributed by atoms with E-state index in [2.05, 4.69) is 21.2 Å². The number of aliphatic hydroxyl groups excluding tert-OH is 1. The van der Waals surface area contributed by atoms with Crippen molar-refractivity contribution >= 4 is 26.8 Å². The van der Waals surface area contributed by atoms with Gasteiger partial charge in [0.1, 0.15) is 5.82 Å². The Hall–Kier alpha value is -1.69. The van der Waals surface area contributed by atoms with Gasteiger partial charge in [-0.25, -0.2) is 4.39 Å². The van der Waals surface area contributed by atoms with Crippen LogP contribution >= 0.6 is 15.9 Å². The maximum atomic E-state index is 13.7. The first kappa shape index (κ1) is 16.2. The van der Waals surface area contributed by atoms with Gasteiger partial charge in [-0.3, -0.25) is 0 Å². The Balaban J connectivity index is 2.16. The molecule has 0 unspecified atom stereocenters. The summed E-state index contributed by atoms with van der Waals surface area (Å²) in [7, 11) is 1.79. The minimum Gasteiger partial charge on any atom is -0.389 e. The maximum Gasteiger partial charge on any atom is 0.123 e. The lowest BCUT2D eigenvalue weighted by atomic mass is 10.0. The molecule has 2 atom stereocenters. The molecule has 2 N–H and O–H groups in total. The summed E-state index contributed by atoms with van der Waals surface area (Å²) in [6.45, 7) is 0.412. The molecule has 3 rings (SSSR count). The van der Waals surface area contributed by atoms with Crippen molar-refractivity contribution in [2.24, 2.45) is 0 Å². The van der Waals surface area contributed by atoms with Crippen molar-refractivity contribution in [3.8, 4) is 0 Å². The predicted octanol–water partition coefficient (Wildman–Crippen LogP) is 3.71. The second-order valence-electron chi connectivity index (χ2n) is 5.52. The molecule has 23 heavy (non-hydrogen) atoms. The highest BCUT2D eigenvalue weighted by atomic mass is 79.9. The first-order valence-corrected chi connectivity index (χ1v) is 8.24. The number of benzene rings is 2. The molecule has 5 heteroatoms. The Bertz CT molecular complexity index is 818. The number of nitrogens with one attached hydrogen (secondary N) is 1. The van der Waals surface area contributed by atoms with E-state index in [-0.39, 0.29) is 11.9 Å². The highest BCUT2D eigenvalue weighted by molar-refractivity contribution is 9.10. The van der Waals surface area contributed by atoms with Crippen LogP contribution in [0, 0.1) is 5.82 Å². The highest BCUT2D eigenvalue weighted by Crippen LogP contribution is 2.31. The molecular weight excluding hydrogens is 359 g/mol. The zero-order valence-corrected chi connectivity index (χ0v) is 14.3. The Kier molecular flexibility index (Phi) is 4.80. The van der Waals surface area contributed by atoms with Crippen LogP contribution in [0.25, 0.3) is 10.9 Å².